The summed E-state index contributed by atoms with van der Waals surface area (Å²) in [5.41, 5.74) is 0.734. The summed E-state index contributed by atoms with van der Waals surface area (Å²) < 4.78 is -0.502. The highest BCUT2D eigenvalue weighted by atomic mass is 35.5. The maximum Gasteiger partial charge on any atom is 0.160 e. The minimum Gasteiger partial charge on any atom is -0.369 e. The van der Waals surface area contributed by atoms with Gasteiger partial charge >= 0.3 is 0 Å². The number of H-pyrrole nitrogens is 1. The molecular weight excluding hydrogens is 261 g/mol. The van der Waals surface area contributed by atoms with Gasteiger partial charge in [0.05, 0.1) is 11.6 Å². The monoisotopic (exact) mass is 271 g/mol. The SMILES string of the molecule is ClC1(Cl)CC1CCNc1ncnc2[nH]ncc12. The summed E-state index contributed by atoms with van der Waals surface area (Å²) in [7, 11) is 0. The Morgan fingerprint density at radius 1 is 1.47 bits per heavy atom. The molecule has 2 N–H and O–H groups in total. The maximum absolute atomic E-state index is 5.96. The first-order valence-electron chi connectivity index (χ1n) is 5.42. The Kier molecular flexibility index (Phi) is 2.60. The van der Waals surface area contributed by atoms with Gasteiger partial charge < -0.3 is 5.32 Å². The molecule has 90 valence electrons. The van der Waals surface area contributed by atoms with Crippen LogP contribution in [0.25, 0.3) is 11.0 Å². The first-order chi connectivity index (χ1) is 8.17. The Hall–Kier alpha value is -1.07. The quantitative estimate of drug-likeness (QED) is 0.838. The third-order valence-corrected chi connectivity index (χ3v) is 3.91. The standard InChI is InChI=1S/C10H11Cl2N5/c11-10(12)3-6(10)1-2-13-8-7-4-16-17-9(7)15-5-14-8/h4-6H,1-3H2,(H2,13,14,15,16,17). The van der Waals surface area contributed by atoms with Crippen molar-refractivity contribution in [2.24, 2.45) is 5.92 Å². The van der Waals surface area contributed by atoms with Crippen LogP contribution in [0.1, 0.15) is 12.8 Å². The van der Waals surface area contributed by atoms with Crippen LogP contribution in [0.15, 0.2) is 12.5 Å². The largest absolute Gasteiger partial charge is 0.369 e. The smallest absolute Gasteiger partial charge is 0.160 e. The number of halogens is 2. The summed E-state index contributed by atoms with van der Waals surface area (Å²) in [6, 6.07) is 0. The first-order valence-corrected chi connectivity index (χ1v) is 6.18. The van der Waals surface area contributed by atoms with Crippen molar-refractivity contribution < 1.29 is 0 Å². The van der Waals surface area contributed by atoms with Gasteiger partial charge in [0, 0.05) is 6.54 Å². The molecule has 5 nitrogen and oxygen atoms in total. The van der Waals surface area contributed by atoms with Crippen molar-refractivity contribution in [3.63, 3.8) is 0 Å². The second kappa shape index (κ2) is 3.99. The molecule has 7 heteroatoms. The lowest BCUT2D eigenvalue weighted by Gasteiger charge is -2.05. The highest BCUT2D eigenvalue weighted by molar-refractivity contribution is 6.50. The molecule has 1 aliphatic carbocycles. The Balaban J connectivity index is 1.63. The molecule has 0 saturated heterocycles. The lowest BCUT2D eigenvalue weighted by atomic mass is 10.3. The summed E-state index contributed by atoms with van der Waals surface area (Å²) in [5, 5.41) is 10.9. The fourth-order valence-electron chi connectivity index (χ4n) is 1.85. The molecule has 1 saturated carbocycles. The van der Waals surface area contributed by atoms with Gasteiger partial charge in [0.15, 0.2) is 5.65 Å². The molecule has 17 heavy (non-hydrogen) atoms. The van der Waals surface area contributed by atoms with E-state index in [1.54, 1.807) is 6.20 Å². The molecule has 0 spiro atoms. The predicted molar refractivity (Wildman–Crippen MR) is 67.3 cm³/mol. The van der Waals surface area contributed by atoms with E-state index in [1.807, 2.05) is 0 Å². The van der Waals surface area contributed by atoms with Gasteiger partial charge in [-0.3, -0.25) is 5.10 Å². The highest BCUT2D eigenvalue weighted by Gasteiger charge is 2.50. The van der Waals surface area contributed by atoms with Crippen LogP contribution in [-0.4, -0.2) is 31.0 Å². The summed E-state index contributed by atoms with van der Waals surface area (Å²) in [6.45, 7) is 0.795. The number of hydrogen-bond acceptors (Lipinski definition) is 4. The number of fused-ring (bicyclic) bond motifs is 1. The van der Waals surface area contributed by atoms with E-state index in [0.29, 0.717) is 5.92 Å². The number of rotatable bonds is 4. The van der Waals surface area contributed by atoms with Gasteiger partial charge in [-0.15, -0.1) is 23.2 Å². The number of anilines is 1. The molecule has 0 amide bonds. The fourth-order valence-corrected chi connectivity index (χ4v) is 2.44. The fraction of sp³-hybridized carbons (Fsp3) is 0.500. The van der Waals surface area contributed by atoms with Gasteiger partial charge in [0.25, 0.3) is 0 Å². The lowest BCUT2D eigenvalue weighted by Crippen LogP contribution is -2.06. The first kappa shape index (κ1) is 11.0. The molecule has 2 aromatic rings. The molecule has 1 unspecified atom stereocenters. The number of aromatic nitrogens is 4. The number of nitrogens with one attached hydrogen (secondary N) is 2. The second-order valence-corrected chi connectivity index (χ2v) is 5.77. The van der Waals surface area contributed by atoms with E-state index in [9.17, 15) is 0 Å². The molecule has 0 radical (unpaired) electrons. The molecule has 1 fully saturated rings. The van der Waals surface area contributed by atoms with Crippen molar-refractivity contribution in [3.05, 3.63) is 12.5 Å². The Morgan fingerprint density at radius 2 is 2.29 bits per heavy atom. The molecule has 0 aliphatic heterocycles. The number of nitrogens with zero attached hydrogens (tertiary/aromatic N) is 3. The van der Waals surface area contributed by atoms with Crippen molar-refractivity contribution in [1.82, 2.24) is 20.2 Å². The summed E-state index contributed by atoms with van der Waals surface area (Å²) >= 11 is 11.9. The third kappa shape index (κ3) is 2.17. The average molecular weight is 272 g/mol. The van der Waals surface area contributed by atoms with Crippen molar-refractivity contribution in [3.8, 4) is 0 Å². The Bertz CT molecular complexity index is 538. The normalized spacial score (nSPS) is 21.6. The third-order valence-electron chi connectivity index (χ3n) is 2.99. The van der Waals surface area contributed by atoms with Crippen LogP contribution in [0.2, 0.25) is 0 Å². The van der Waals surface area contributed by atoms with Crippen LogP contribution in [0.3, 0.4) is 0 Å². The van der Waals surface area contributed by atoms with Crippen LogP contribution in [-0.2, 0) is 0 Å². The van der Waals surface area contributed by atoms with Gasteiger partial charge in [-0.2, -0.15) is 5.10 Å². The van der Waals surface area contributed by atoms with E-state index in [2.05, 4.69) is 25.5 Å². The molecule has 1 aliphatic rings. The van der Waals surface area contributed by atoms with Gasteiger partial charge in [-0.25, -0.2) is 9.97 Å². The van der Waals surface area contributed by atoms with E-state index >= 15 is 0 Å². The predicted octanol–water partition coefficient (Wildman–Crippen LogP) is 2.35. The van der Waals surface area contributed by atoms with Gasteiger partial charge in [0.2, 0.25) is 0 Å². The lowest BCUT2D eigenvalue weighted by molar-refractivity contribution is 0.749. The van der Waals surface area contributed by atoms with E-state index < -0.39 is 4.33 Å². The van der Waals surface area contributed by atoms with Crippen molar-refractivity contribution in [2.75, 3.05) is 11.9 Å². The van der Waals surface area contributed by atoms with E-state index in [1.165, 1.54) is 6.33 Å². The zero-order chi connectivity index (χ0) is 11.9. The van der Waals surface area contributed by atoms with Crippen molar-refractivity contribution in [1.29, 1.82) is 0 Å². The molecule has 0 aromatic carbocycles. The molecule has 2 aromatic heterocycles. The van der Waals surface area contributed by atoms with Gasteiger partial charge in [-0.05, 0) is 18.8 Å². The zero-order valence-electron chi connectivity index (χ0n) is 8.95. The van der Waals surface area contributed by atoms with Crippen LogP contribution in [0.5, 0.6) is 0 Å². The average Bonchev–Trinajstić information content (AvgIpc) is 2.75. The van der Waals surface area contributed by atoms with Crippen LogP contribution < -0.4 is 5.32 Å². The Labute approximate surface area is 108 Å². The van der Waals surface area contributed by atoms with Crippen molar-refractivity contribution >= 4 is 40.1 Å². The summed E-state index contributed by atoms with van der Waals surface area (Å²) in [6.07, 6.45) is 5.04. The zero-order valence-corrected chi connectivity index (χ0v) is 10.5. The summed E-state index contributed by atoms with van der Waals surface area (Å²) in [5.74, 6) is 1.18. The van der Waals surface area contributed by atoms with E-state index in [-0.39, 0.29) is 0 Å². The van der Waals surface area contributed by atoms with E-state index in [4.69, 9.17) is 23.2 Å². The maximum atomic E-state index is 5.96. The highest BCUT2D eigenvalue weighted by Crippen LogP contribution is 2.54. The molecule has 1 atom stereocenters. The van der Waals surface area contributed by atoms with Crippen molar-refractivity contribution in [2.45, 2.75) is 17.2 Å². The van der Waals surface area contributed by atoms with Crippen LogP contribution in [0, 0.1) is 5.92 Å². The molecular formula is C10H11Cl2N5. The molecule has 3 rings (SSSR count). The number of aromatic amines is 1. The minimum atomic E-state index is -0.502. The number of alkyl halides is 2. The molecule has 0 bridgehead atoms. The van der Waals surface area contributed by atoms with Gasteiger partial charge in [-0.1, -0.05) is 0 Å². The summed E-state index contributed by atoms with van der Waals surface area (Å²) in [4.78, 5) is 8.25. The van der Waals surface area contributed by atoms with Crippen LogP contribution >= 0.6 is 23.2 Å². The number of hydrogen-bond donors (Lipinski definition) is 2. The minimum absolute atomic E-state index is 0.389. The molecule has 2 heterocycles. The second-order valence-electron chi connectivity index (χ2n) is 4.23. The Morgan fingerprint density at radius 3 is 3.06 bits per heavy atom. The topological polar surface area (TPSA) is 66.5 Å². The van der Waals surface area contributed by atoms with Gasteiger partial charge in [0.1, 0.15) is 16.5 Å². The van der Waals surface area contributed by atoms with E-state index in [0.717, 1.165) is 36.2 Å². The van der Waals surface area contributed by atoms with Crippen LogP contribution in [0.4, 0.5) is 5.82 Å².